The number of allylic oxidation sites excluding steroid dienone is 1. The van der Waals surface area contributed by atoms with Gasteiger partial charge in [-0.2, -0.15) is 5.26 Å². The number of fused-ring (bicyclic) bond motifs is 1. The van der Waals surface area contributed by atoms with E-state index in [1.54, 1.807) is 0 Å². The topological polar surface area (TPSA) is 47.3 Å². The molecule has 0 spiro atoms. The van der Waals surface area contributed by atoms with Crippen molar-refractivity contribution in [2.24, 2.45) is 17.8 Å². The van der Waals surface area contributed by atoms with Gasteiger partial charge in [0.25, 0.3) is 0 Å². The zero-order valence-corrected chi connectivity index (χ0v) is 17.5. The third-order valence-corrected chi connectivity index (χ3v) is 8.86. The number of nitrogens with zero attached hydrogens (tertiary/aromatic N) is 3. The van der Waals surface area contributed by atoms with Gasteiger partial charge in [-0.05, 0) is 68.4 Å². The van der Waals surface area contributed by atoms with Crippen LogP contribution in [0.5, 0.6) is 0 Å². The maximum absolute atomic E-state index is 13.1. The average molecular weight is 394 g/mol. The van der Waals surface area contributed by atoms with Gasteiger partial charge in [-0.25, -0.2) is 0 Å². The van der Waals surface area contributed by atoms with Gasteiger partial charge in [-0.1, -0.05) is 12.1 Å². The number of benzene rings is 1. The van der Waals surface area contributed by atoms with Crippen molar-refractivity contribution in [3.63, 3.8) is 0 Å². The molecule has 1 heterocycles. The molecular weight excluding hydrogens is 366 g/mol. The van der Waals surface area contributed by atoms with Gasteiger partial charge < -0.3 is 9.80 Å². The molecule has 0 saturated heterocycles. The van der Waals surface area contributed by atoms with Crippen molar-refractivity contribution >= 4 is 28.9 Å². The molecule has 4 aliphatic carbocycles. The zero-order chi connectivity index (χ0) is 19.5. The predicted molar refractivity (Wildman–Crippen MR) is 114 cm³/mol. The number of Topliss-reactive ketones (excluding diaryl/α,β-unsaturated/α-hetero) is 1. The lowest BCUT2D eigenvalue weighted by Gasteiger charge is -2.56. The predicted octanol–water partition coefficient (Wildman–Crippen LogP) is 4.58. The fraction of sp³-hybridized carbons (Fsp3) is 0.565. The van der Waals surface area contributed by atoms with Crippen LogP contribution in [0.2, 0.25) is 0 Å². The maximum atomic E-state index is 13.1. The molecule has 28 heavy (non-hydrogen) atoms. The molecular formula is C23H27N3OS. The molecule has 1 aliphatic heterocycles. The molecule has 4 bridgehead atoms. The zero-order valence-electron chi connectivity index (χ0n) is 16.6. The highest BCUT2D eigenvalue weighted by atomic mass is 32.2. The van der Waals surface area contributed by atoms with Crippen molar-refractivity contribution in [2.75, 3.05) is 29.6 Å². The summed E-state index contributed by atoms with van der Waals surface area (Å²) in [6.07, 6.45) is 8.07. The molecule has 4 saturated carbocycles. The average Bonchev–Trinajstić information content (AvgIpc) is 2.92. The second kappa shape index (κ2) is 6.56. The third kappa shape index (κ3) is 2.76. The quantitative estimate of drug-likeness (QED) is 0.553. The molecule has 4 nitrogen and oxygen atoms in total. The Labute approximate surface area is 171 Å². The second-order valence-corrected chi connectivity index (χ2v) is 10.7. The molecule has 0 radical (unpaired) electrons. The Hall–Kier alpha value is -1.93. The summed E-state index contributed by atoms with van der Waals surface area (Å²) in [5.74, 6) is 3.75. The van der Waals surface area contributed by atoms with Crippen molar-refractivity contribution in [3.05, 3.63) is 35.7 Å². The van der Waals surface area contributed by atoms with Crippen LogP contribution in [0.15, 0.2) is 35.7 Å². The molecule has 146 valence electrons. The molecule has 4 fully saturated rings. The molecule has 5 heteroatoms. The van der Waals surface area contributed by atoms with Gasteiger partial charge in [0, 0.05) is 18.8 Å². The minimum atomic E-state index is -0.0234. The van der Waals surface area contributed by atoms with Crippen LogP contribution in [0, 0.1) is 29.1 Å². The van der Waals surface area contributed by atoms with Crippen molar-refractivity contribution in [1.82, 2.24) is 0 Å². The van der Waals surface area contributed by atoms with Gasteiger partial charge in [0.1, 0.15) is 17.5 Å². The van der Waals surface area contributed by atoms with E-state index in [1.807, 2.05) is 59.9 Å². The molecule has 0 aromatic heterocycles. The first kappa shape index (κ1) is 18.1. The Bertz CT molecular complexity index is 833. The number of thioether (sulfide) groups is 1. The Morgan fingerprint density at radius 1 is 1.07 bits per heavy atom. The van der Waals surface area contributed by atoms with Crippen LogP contribution in [-0.2, 0) is 4.79 Å². The van der Waals surface area contributed by atoms with Crippen molar-refractivity contribution in [1.29, 1.82) is 5.26 Å². The number of rotatable bonds is 4. The first-order chi connectivity index (χ1) is 13.5. The van der Waals surface area contributed by atoms with E-state index in [0.717, 1.165) is 29.1 Å². The SMILES string of the molecule is CN1C(=C(C#N)C(=O)CSC23CC4CC(CC(C4)C2)C3)N(C)c2ccccc21. The van der Waals surface area contributed by atoms with E-state index in [4.69, 9.17) is 0 Å². The summed E-state index contributed by atoms with van der Waals surface area (Å²) in [5, 5.41) is 9.84. The molecule has 1 aromatic carbocycles. The maximum Gasteiger partial charge on any atom is 0.186 e. The number of nitriles is 1. The summed E-state index contributed by atoms with van der Waals surface area (Å²) in [7, 11) is 3.88. The van der Waals surface area contributed by atoms with E-state index in [9.17, 15) is 10.1 Å². The van der Waals surface area contributed by atoms with Crippen LogP contribution < -0.4 is 9.80 Å². The first-order valence-electron chi connectivity index (χ1n) is 10.4. The fourth-order valence-corrected chi connectivity index (χ4v) is 8.20. The van der Waals surface area contributed by atoms with E-state index in [2.05, 4.69) is 6.07 Å². The molecule has 0 atom stereocenters. The third-order valence-electron chi connectivity index (χ3n) is 7.35. The highest BCUT2D eigenvalue weighted by molar-refractivity contribution is 8.01. The van der Waals surface area contributed by atoms with E-state index in [1.165, 1.54) is 38.5 Å². The van der Waals surface area contributed by atoms with Gasteiger partial charge in [0.05, 0.1) is 17.1 Å². The fourth-order valence-electron chi connectivity index (χ4n) is 6.56. The van der Waals surface area contributed by atoms with E-state index >= 15 is 0 Å². The van der Waals surface area contributed by atoms with E-state index in [0.29, 0.717) is 21.9 Å². The normalized spacial score (nSPS) is 32.5. The molecule has 0 unspecified atom stereocenters. The number of ketones is 1. The van der Waals surface area contributed by atoms with Gasteiger partial charge in [0.2, 0.25) is 0 Å². The van der Waals surface area contributed by atoms with Gasteiger partial charge in [-0.3, -0.25) is 4.79 Å². The Kier molecular flexibility index (Phi) is 4.24. The number of carbonyl (C=O) groups excluding carboxylic acids is 1. The summed E-state index contributed by atoms with van der Waals surface area (Å²) in [5.41, 5.74) is 2.36. The molecule has 1 aromatic rings. The van der Waals surface area contributed by atoms with Crippen LogP contribution in [0.1, 0.15) is 38.5 Å². The minimum Gasteiger partial charge on any atom is -0.328 e. The summed E-state index contributed by atoms with van der Waals surface area (Å²) in [6, 6.07) is 10.3. The monoisotopic (exact) mass is 393 g/mol. The van der Waals surface area contributed by atoms with Crippen LogP contribution in [-0.4, -0.2) is 30.4 Å². The second-order valence-electron chi connectivity index (χ2n) is 9.23. The van der Waals surface area contributed by atoms with Gasteiger partial charge in [-0.15, -0.1) is 11.8 Å². The molecule has 5 aliphatic rings. The standard InChI is InChI=1S/C23H27N3OS/c1-25-19-5-3-4-6-20(19)26(2)22(25)18(13-24)21(27)14-28-23-10-15-7-16(11-23)9-17(8-15)12-23/h3-6,15-17H,7-12,14H2,1-2H3. The number of hydrogen-bond acceptors (Lipinski definition) is 5. The minimum absolute atomic E-state index is 0.0234. The lowest BCUT2D eigenvalue weighted by Crippen LogP contribution is -2.48. The number of hydrogen-bond donors (Lipinski definition) is 0. The van der Waals surface area contributed by atoms with Crippen molar-refractivity contribution < 1.29 is 4.79 Å². The van der Waals surface area contributed by atoms with Crippen molar-refractivity contribution in [2.45, 2.75) is 43.3 Å². The highest BCUT2D eigenvalue weighted by Crippen LogP contribution is 2.60. The lowest BCUT2D eigenvalue weighted by molar-refractivity contribution is -0.113. The number of carbonyl (C=O) groups is 1. The summed E-state index contributed by atoms with van der Waals surface area (Å²) in [4.78, 5) is 17.1. The first-order valence-corrected chi connectivity index (χ1v) is 11.4. The summed E-state index contributed by atoms with van der Waals surface area (Å²) >= 11 is 1.86. The van der Waals surface area contributed by atoms with Crippen LogP contribution in [0.4, 0.5) is 11.4 Å². The lowest BCUT2D eigenvalue weighted by atomic mass is 9.56. The number of para-hydroxylation sites is 2. The Morgan fingerprint density at radius 3 is 2.04 bits per heavy atom. The van der Waals surface area contributed by atoms with E-state index in [-0.39, 0.29) is 5.78 Å². The van der Waals surface area contributed by atoms with E-state index < -0.39 is 0 Å². The largest absolute Gasteiger partial charge is 0.328 e. The highest BCUT2D eigenvalue weighted by Gasteiger charge is 2.51. The smallest absolute Gasteiger partial charge is 0.186 e. The summed E-state index contributed by atoms with van der Waals surface area (Å²) < 4.78 is 0.298. The van der Waals surface area contributed by atoms with Crippen LogP contribution in [0.3, 0.4) is 0 Å². The Morgan fingerprint density at radius 2 is 1.57 bits per heavy atom. The Balaban J connectivity index is 1.36. The number of anilines is 2. The summed E-state index contributed by atoms with van der Waals surface area (Å²) in [6.45, 7) is 0. The molecule has 0 amide bonds. The van der Waals surface area contributed by atoms with Gasteiger partial charge in [0.15, 0.2) is 5.78 Å². The van der Waals surface area contributed by atoms with Crippen molar-refractivity contribution in [3.8, 4) is 6.07 Å². The molecule has 6 rings (SSSR count). The molecule has 0 N–H and O–H groups in total. The van der Waals surface area contributed by atoms with Crippen LogP contribution >= 0.6 is 11.8 Å². The van der Waals surface area contributed by atoms with Gasteiger partial charge >= 0.3 is 0 Å². The van der Waals surface area contributed by atoms with Crippen LogP contribution in [0.25, 0.3) is 0 Å².